The van der Waals surface area contributed by atoms with Crippen molar-refractivity contribution in [3.8, 4) is 0 Å². The van der Waals surface area contributed by atoms with E-state index in [2.05, 4.69) is 125 Å². The van der Waals surface area contributed by atoms with Crippen LogP contribution in [-0.2, 0) is 0 Å². The SMILES string of the molecule is CC1=C(C)C2(C)CCC1(C)CC2.CC1=C(C)C2(C)CCC1CC2.CC1=C(C)C2CCC1CC2.CC1=C(C)C2c3ccccc3C1c1ccccc12. The smallest absolute Gasteiger partial charge is 0.0305 e. The summed E-state index contributed by atoms with van der Waals surface area (Å²) in [5, 5.41) is 0. The van der Waals surface area contributed by atoms with Crippen molar-refractivity contribution in [3.63, 3.8) is 0 Å². The van der Waals surface area contributed by atoms with Crippen molar-refractivity contribution in [1.29, 1.82) is 0 Å². The number of hydrogen-bond acceptors (Lipinski definition) is 0. The minimum Gasteiger partial charge on any atom is -0.0710 e. The minimum absolute atomic E-state index is 0.488. The molecule has 0 spiro atoms. The third-order valence-electron chi connectivity index (χ3n) is 17.3. The van der Waals surface area contributed by atoms with E-state index in [1.54, 1.807) is 44.6 Å². The zero-order valence-electron chi connectivity index (χ0n) is 34.5. The van der Waals surface area contributed by atoms with Crippen molar-refractivity contribution in [1.82, 2.24) is 0 Å². The van der Waals surface area contributed by atoms with Gasteiger partial charge in [-0.25, -0.2) is 0 Å². The molecule has 0 aromatic heterocycles. The maximum absolute atomic E-state index is 2.45. The number of rotatable bonds is 0. The van der Waals surface area contributed by atoms with Crippen LogP contribution in [0.25, 0.3) is 0 Å². The Morgan fingerprint density at radius 1 is 0.353 bits per heavy atom. The fourth-order valence-corrected chi connectivity index (χ4v) is 12.3. The van der Waals surface area contributed by atoms with Crippen molar-refractivity contribution in [2.24, 2.45) is 34.0 Å². The van der Waals surface area contributed by atoms with Gasteiger partial charge in [-0.1, -0.05) is 114 Å². The largest absolute Gasteiger partial charge is 0.0710 e. The highest BCUT2D eigenvalue weighted by Gasteiger charge is 2.46. The third-order valence-corrected chi connectivity index (χ3v) is 17.3. The summed E-state index contributed by atoms with van der Waals surface area (Å²) in [7, 11) is 0. The van der Waals surface area contributed by atoms with Crippen LogP contribution in [-0.4, -0.2) is 0 Å². The molecule has 0 N–H and O–H groups in total. The molecule has 12 aliphatic rings. The Hall–Kier alpha value is -2.60. The lowest BCUT2D eigenvalue weighted by Gasteiger charge is -2.52. The molecule has 14 rings (SSSR count). The van der Waals surface area contributed by atoms with Crippen LogP contribution in [0.15, 0.2) is 93.1 Å². The first kappa shape index (κ1) is 36.7. The quantitative estimate of drug-likeness (QED) is 0.243. The third kappa shape index (κ3) is 6.21. The van der Waals surface area contributed by atoms with Crippen molar-refractivity contribution in [2.75, 3.05) is 0 Å². The Morgan fingerprint density at radius 3 is 0.922 bits per heavy atom. The van der Waals surface area contributed by atoms with Gasteiger partial charge in [0.25, 0.3) is 0 Å². The molecule has 0 amide bonds. The van der Waals surface area contributed by atoms with Gasteiger partial charge in [-0.3, -0.25) is 0 Å². The Morgan fingerprint density at radius 2 is 0.647 bits per heavy atom. The molecule has 3 saturated carbocycles. The average molecular weight is 683 g/mol. The van der Waals surface area contributed by atoms with Crippen LogP contribution in [0.1, 0.15) is 187 Å². The van der Waals surface area contributed by atoms with Gasteiger partial charge in [-0.15, -0.1) is 0 Å². The fourth-order valence-electron chi connectivity index (χ4n) is 12.3. The molecule has 0 atom stereocenters. The van der Waals surface area contributed by atoms with E-state index in [1.807, 2.05) is 0 Å². The molecular formula is C51H70. The monoisotopic (exact) mass is 683 g/mol. The van der Waals surface area contributed by atoms with Crippen LogP contribution in [0.3, 0.4) is 0 Å². The Labute approximate surface area is 313 Å². The lowest BCUT2D eigenvalue weighted by molar-refractivity contribution is 0.124. The van der Waals surface area contributed by atoms with Crippen LogP contribution in [0, 0.1) is 34.0 Å². The van der Waals surface area contributed by atoms with Gasteiger partial charge < -0.3 is 0 Å². The fraction of sp³-hybridized carbons (Fsp3) is 0.608. The summed E-state index contributed by atoms with van der Waals surface area (Å²) < 4.78 is 0. The van der Waals surface area contributed by atoms with Gasteiger partial charge >= 0.3 is 0 Å². The topological polar surface area (TPSA) is 0 Å². The molecule has 2 aromatic rings. The normalized spacial score (nSPS) is 36.5. The second-order valence-corrected chi connectivity index (χ2v) is 19.4. The summed E-state index contributed by atoms with van der Waals surface area (Å²) in [6, 6.07) is 17.9. The molecule has 0 unspecified atom stereocenters. The van der Waals surface area contributed by atoms with E-state index in [0.29, 0.717) is 28.1 Å². The number of hydrogen-bond donors (Lipinski definition) is 0. The average Bonchev–Trinajstić information content (AvgIpc) is 3.15. The molecule has 0 aliphatic heterocycles. The highest BCUT2D eigenvalue weighted by molar-refractivity contribution is 5.64. The molecule has 0 nitrogen and oxygen atoms in total. The molecule has 0 saturated heterocycles. The van der Waals surface area contributed by atoms with Crippen molar-refractivity contribution >= 4 is 0 Å². The predicted octanol–water partition coefficient (Wildman–Crippen LogP) is 15.2. The highest BCUT2D eigenvalue weighted by Crippen LogP contribution is 2.59. The standard InChI is InChI=1S/C18H16.C12H20.C11H18.C10H16/c1-11-12(2)18-15-9-5-3-7-13(15)17(11)14-8-4-6-10-16(14)18;1-9-10(2)12(4)7-5-11(9,3)6-8-12;1-8-9(2)11(3)6-4-10(8)5-7-11;1-7-8(2)10-5-3-9(7)4-6-10/h3-10,17-18H,1-2H3;5-8H2,1-4H3;10H,4-7H2,1-3H3;9-10H,3-6H2,1-2H3. The second kappa shape index (κ2) is 13.7. The van der Waals surface area contributed by atoms with Crippen LogP contribution in [0.5, 0.6) is 0 Å². The van der Waals surface area contributed by atoms with Gasteiger partial charge in [0.2, 0.25) is 0 Å². The van der Waals surface area contributed by atoms with E-state index in [0.717, 1.165) is 17.8 Å². The van der Waals surface area contributed by atoms with E-state index in [4.69, 9.17) is 0 Å². The Balaban J connectivity index is 0.000000110. The zero-order chi connectivity index (χ0) is 36.5. The van der Waals surface area contributed by atoms with Gasteiger partial charge in [0.15, 0.2) is 0 Å². The van der Waals surface area contributed by atoms with Crippen LogP contribution >= 0.6 is 0 Å². The van der Waals surface area contributed by atoms with Crippen molar-refractivity contribution < 1.29 is 0 Å². The number of allylic oxidation sites excluding steroid dienone is 8. The lowest BCUT2D eigenvalue weighted by atomic mass is 9.53. The molecule has 12 aliphatic carbocycles. The molecule has 0 heterocycles. The molecular weight excluding hydrogens is 613 g/mol. The molecule has 3 fully saturated rings. The summed E-state index contributed by atoms with van der Waals surface area (Å²) in [6.45, 7) is 26.0. The Kier molecular flexibility index (Phi) is 9.85. The van der Waals surface area contributed by atoms with E-state index >= 15 is 0 Å². The van der Waals surface area contributed by atoms with Crippen LogP contribution < -0.4 is 0 Å². The first-order chi connectivity index (χ1) is 24.2. The summed E-state index contributed by atoms with van der Waals surface area (Å²) in [5.74, 6) is 3.89. The van der Waals surface area contributed by atoms with E-state index in [1.165, 1.54) is 99.3 Å². The first-order valence-electron chi connectivity index (χ1n) is 21.1. The maximum Gasteiger partial charge on any atom is 0.0305 e. The van der Waals surface area contributed by atoms with Gasteiger partial charge in [0, 0.05) is 11.8 Å². The second-order valence-electron chi connectivity index (χ2n) is 19.4. The van der Waals surface area contributed by atoms with E-state index in [-0.39, 0.29) is 0 Å². The summed E-state index contributed by atoms with van der Waals surface area (Å²) >= 11 is 0. The van der Waals surface area contributed by atoms with Crippen molar-refractivity contribution in [2.45, 2.75) is 165 Å². The molecule has 2 aromatic carbocycles. The first-order valence-corrected chi connectivity index (χ1v) is 21.1. The number of benzene rings is 2. The lowest BCUT2D eigenvalue weighted by Crippen LogP contribution is -2.39. The van der Waals surface area contributed by atoms with Gasteiger partial charge in [0.05, 0.1) is 0 Å². The molecule has 51 heavy (non-hydrogen) atoms. The summed E-state index contributed by atoms with van der Waals surface area (Å²) in [5.41, 5.74) is 21.2. The Bertz CT molecular complexity index is 1620. The minimum atomic E-state index is 0.488. The maximum atomic E-state index is 2.45. The summed E-state index contributed by atoms with van der Waals surface area (Å²) in [6.07, 6.45) is 17.4. The van der Waals surface area contributed by atoms with Crippen LogP contribution in [0.2, 0.25) is 0 Å². The molecule has 0 heteroatoms. The van der Waals surface area contributed by atoms with Crippen LogP contribution in [0.4, 0.5) is 0 Å². The van der Waals surface area contributed by atoms with Gasteiger partial charge in [-0.2, -0.15) is 0 Å². The van der Waals surface area contributed by atoms with E-state index in [9.17, 15) is 0 Å². The predicted molar refractivity (Wildman–Crippen MR) is 220 cm³/mol. The van der Waals surface area contributed by atoms with Gasteiger partial charge in [-0.05, 0) is 189 Å². The van der Waals surface area contributed by atoms with Crippen molar-refractivity contribution in [3.05, 3.63) is 115 Å². The molecule has 0 radical (unpaired) electrons. The highest BCUT2D eigenvalue weighted by atomic mass is 14.5. The molecule has 8 bridgehead atoms. The molecule has 274 valence electrons. The summed E-state index contributed by atoms with van der Waals surface area (Å²) in [4.78, 5) is 0. The number of fused-ring (bicyclic) bond motifs is 6. The van der Waals surface area contributed by atoms with E-state index < -0.39 is 0 Å². The zero-order valence-corrected chi connectivity index (χ0v) is 34.5. The van der Waals surface area contributed by atoms with Gasteiger partial charge in [0.1, 0.15) is 0 Å².